The summed E-state index contributed by atoms with van der Waals surface area (Å²) in [5, 5.41) is 0.175. The minimum Gasteiger partial charge on any atom is -0.278 e. The molecule has 0 aliphatic heterocycles. The van der Waals surface area contributed by atoms with Crippen molar-refractivity contribution in [1.82, 2.24) is 0 Å². The van der Waals surface area contributed by atoms with Gasteiger partial charge in [-0.05, 0) is 24.3 Å². The van der Waals surface area contributed by atoms with Crippen molar-refractivity contribution >= 4 is 27.3 Å². The van der Waals surface area contributed by atoms with E-state index in [-0.39, 0.29) is 10.7 Å². The Kier molecular flexibility index (Phi) is 3.73. The summed E-state index contributed by atoms with van der Waals surface area (Å²) >= 11 is 5.80. The van der Waals surface area contributed by atoms with Crippen LogP contribution in [0.1, 0.15) is 0 Å². The zero-order chi connectivity index (χ0) is 14.0. The maximum atomic E-state index is 13.5. The second kappa shape index (κ2) is 5.14. The average Bonchev–Trinajstić information content (AvgIpc) is 2.31. The summed E-state index contributed by atoms with van der Waals surface area (Å²) in [6, 6.07) is 8.33. The van der Waals surface area contributed by atoms with Gasteiger partial charge in [-0.1, -0.05) is 23.7 Å². The van der Waals surface area contributed by atoms with E-state index in [4.69, 9.17) is 11.6 Å². The third kappa shape index (κ3) is 3.02. The lowest BCUT2D eigenvalue weighted by molar-refractivity contribution is 0.551. The summed E-state index contributed by atoms with van der Waals surface area (Å²) in [5.74, 6) is -2.02. The van der Waals surface area contributed by atoms with E-state index in [1.807, 2.05) is 0 Å². The molecule has 7 heteroatoms. The Balaban J connectivity index is 2.41. The van der Waals surface area contributed by atoms with Gasteiger partial charge in [0.2, 0.25) is 0 Å². The topological polar surface area (TPSA) is 46.2 Å². The first-order valence-corrected chi connectivity index (χ1v) is 6.99. The van der Waals surface area contributed by atoms with Gasteiger partial charge in [-0.2, -0.15) is 0 Å². The lowest BCUT2D eigenvalue weighted by Gasteiger charge is -2.10. The van der Waals surface area contributed by atoms with Gasteiger partial charge in [-0.3, -0.25) is 4.72 Å². The van der Waals surface area contributed by atoms with Crippen LogP contribution < -0.4 is 4.72 Å². The van der Waals surface area contributed by atoms with Crippen LogP contribution in [0.3, 0.4) is 0 Å². The lowest BCUT2D eigenvalue weighted by Crippen LogP contribution is -2.15. The Bertz CT molecular complexity index is 719. The van der Waals surface area contributed by atoms with Crippen molar-refractivity contribution < 1.29 is 17.2 Å². The molecule has 0 amide bonds. The van der Waals surface area contributed by atoms with Gasteiger partial charge in [0, 0.05) is 6.07 Å². The number of anilines is 1. The van der Waals surface area contributed by atoms with Gasteiger partial charge < -0.3 is 0 Å². The van der Waals surface area contributed by atoms with Crippen LogP contribution in [0.2, 0.25) is 5.02 Å². The van der Waals surface area contributed by atoms with Gasteiger partial charge in [0.25, 0.3) is 10.0 Å². The van der Waals surface area contributed by atoms with E-state index in [0.717, 1.165) is 12.1 Å². The molecule has 100 valence electrons. The van der Waals surface area contributed by atoms with E-state index in [1.54, 1.807) is 12.1 Å². The van der Waals surface area contributed by atoms with Crippen molar-refractivity contribution in [2.45, 2.75) is 4.90 Å². The highest BCUT2D eigenvalue weighted by molar-refractivity contribution is 7.92. The van der Waals surface area contributed by atoms with Crippen molar-refractivity contribution in [2.24, 2.45) is 0 Å². The maximum absolute atomic E-state index is 13.5. The van der Waals surface area contributed by atoms with Crippen molar-refractivity contribution in [3.05, 3.63) is 59.1 Å². The van der Waals surface area contributed by atoms with Crippen LogP contribution in [0, 0.1) is 11.6 Å². The van der Waals surface area contributed by atoms with Gasteiger partial charge in [-0.25, -0.2) is 17.2 Å². The number of rotatable bonds is 3. The van der Waals surface area contributed by atoms with E-state index in [1.165, 1.54) is 12.1 Å². The lowest BCUT2D eigenvalue weighted by atomic mass is 10.3. The Morgan fingerprint density at radius 2 is 1.74 bits per heavy atom. The third-order valence-corrected chi connectivity index (χ3v) is 4.03. The molecule has 2 aromatic carbocycles. The van der Waals surface area contributed by atoms with E-state index in [0.29, 0.717) is 6.07 Å². The number of hydrogen-bond donors (Lipinski definition) is 1. The second-order valence-corrected chi connectivity index (χ2v) is 5.72. The number of hydrogen-bond acceptors (Lipinski definition) is 2. The summed E-state index contributed by atoms with van der Waals surface area (Å²) in [5.41, 5.74) is 0.118. The number of benzene rings is 2. The second-order valence-electron chi connectivity index (χ2n) is 3.66. The fraction of sp³-hybridized carbons (Fsp3) is 0. The molecule has 0 radical (unpaired) electrons. The van der Waals surface area contributed by atoms with Crippen LogP contribution >= 0.6 is 11.6 Å². The van der Waals surface area contributed by atoms with Crippen LogP contribution in [-0.2, 0) is 10.0 Å². The molecule has 0 aromatic heterocycles. The zero-order valence-electron chi connectivity index (χ0n) is 9.40. The van der Waals surface area contributed by atoms with Crippen LogP contribution in [0.15, 0.2) is 47.4 Å². The maximum Gasteiger partial charge on any atom is 0.264 e. The quantitative estimate of drug-likeness (QED) is 0.944. The van der Waals surface area contributed by atoms with Crippen LogP contribution in [0.4, 0.5) is 14.5 Å². The minimum absolute atomic E-state index is 0.118. The molecule has 3 nitrogen and oxygen atoms in total. The van der Waals surface area contributed by atoms with E-state index in [9.17, 15) is 17.2 Å². The molecule has 0 atom stereocenters. The highest BCUT2D eigenvalue weighted by Crippen LogP contribution is 2.25. The summed E-state index contributed by atoms with van der Waals surface area (Å²) in [6.45, 7) is 0. The molecule has 0 bridgehead atoms. The first kappa shape index (κ1) is 13.8. The molecule has 0 heterocycles. The van der Waals surface area contributed by atoms with Gasteiger partial charge in [0.05, 0.1) is 10.7 Å². The monoisotopic (exact) mass is 303 g/mol. The molecule has 0 fully saturated rings. The Morgan fingerprint density at radius 1 is 1.05 bits per heavy atom. The predicted molar refractivity (Wildman–Crippen MR) is 68.6 cm³/mol. The highest BCUT2D eigenvalue weighted by atomic mass is 35.5. The molecule has 2 aromatic rings. The molecule has 0 aliphatic rings. The normalized spacial score (nSPS) is 11.3. The fourth-order valence-electron chi connectivity index (χ4n) is 1.44. The predicted octanol–water partition coefficient (Wildman–Crippen LogP) is 3.42. The first-order valence-electron chi connectivity index (χ1n) is 5.12. The smallest absolute Gasteiger partial charge is 0.264 e. The SMILES string of the molecule is O=S(=O)(Nc1ccccc1Cl)c1ccc(F)cc1F. The Labute approximate surface area is 113 Å². The first-order chi connectivity index (χ1) is 8.90. The van der Waals surface area contributed by atoms with Crippen molar-refractivity contribution in [3.8, 4) is 0 Å². The number of halogens is 3. The van der Waals surface area contributed by atoms with Crippen LogP contribution in [-0.4, -0.2) is 8.42 Å². The summed E-state index contributed by atoms with van der Waals surface area (Å²) in [7, 11) is -4.16. The van der Waals surface area contributed by atoms with E-state index in [2.05, 4.69) is 4.72 Å². The molecule has 1 N–H and O–H groups in total. The molecule has 2 rings (SSSR count). The Morgan fingerprint density at radius 3 is 2.37 bits per heavy atom. The highest BCUT2D eigenvalue weighted by Gasteiger charge is 2.20. The molecule has 0 saturated heterocycles. The molecular formula is C12H8ClF2NO2S. The average molecular weight is 304 g/mol. The van der Waals surface area contributed by atoms with Crippen molar-refractivity contribution in [2.75, 3.05) is 4.72 Å². The molecule has 19 heavy (non-hydrogen) atoms. The van der Waals surface area contributed by atoms with Crippen LogP contribution in [0.25, 0.3) is 0 Å². The molecule has 0 spiro atoms. The number of sulfonamides is 1. The zero-order valence-corrected chi connectivity index (χ0v) is 11.0. The summed E-state index contributed by atoms with van der Waals surface area (Å²) in [4.78, 5) is -0.645. The van der Waals surface area contributed by atoms with Crippen molar-refractivity contribution in [1.29, 1.82) is 0 Å². The molecular weight excluding hydrogens is 296 g/mol. The number of para-hydroxylation sites is 1. The largest absolute Gasteiger partial charge is 0.278 e. The Hall–Kier alpha value is -1.66. The summed E-state index contributed by atoms with van der Waals surface area (Å²) in [6.07, 6.45) is 0. The van der Waals surface area contributed by atoms with E-state index < -0.39 is 26.6 Å². The molecule has 0 unspecified atom stereocenters. The minimum atomic E-state index is -4.16. The van der Waals surface area contributed by atoms with Gasteiger partial charge >= 0.3 is 0 Å². The van der Waals surface area contributed by atoms with Crippen LogP contribution in [0.5, 0.6) is 0 Å². The summed E-state index contributed by atoms with van der Waals surface area (Å²) < 4.78 is 52.3. The standard InChI is InChI=1S/C12H8ClF2NO2S/c13-9-3-1-2-4-11(9)16-19(17,18)12-6-5-8(14)7-10(12)15/h1-7,16H. The van der Waals surface area contributed by atoms with Gasteiger partial charge in [0.15, 0.2) is 0 Å². The van der Waals surface area contributed by atoms with Gasteiger partial charge in [0.1, 0.15) is 16.5 Å². The fourth-order valence-corrected chi connectivity index (χ4v) is 2.82. The third-order valence-electron chi connectivity index (χ3n) is 2.30. The molecule has 0 saturated carbocycles. The van der Waals surface area contributed by atoms with E-state index >= 15 is 0 Å². The van der Waals surface area contributed by atoms with Gasteiger partial charge in [-0.15, -0.1) is 0 Å². The van der Waals surface area contributed by atoms with Crippen molar-refractivity contribution in [3.63, 3.8) is 0 Å². The number of nitrogens with one attached hydrogen (secondary N) is 1. The molecule has 0 aliphatic carbocycles.